The van der Waals surface area contributed by atoms with Crippen LogP contribution in [0.5, 0.6) is 0 Å². The molecule has 1 rings (SSSR count). The smallest absolute Gasteiger partial charge is 0.108 e. The van der Waals surface area contributed by atoms with Crippen LogP contribution in [0.25, 0.3) is 0 Å². The number of hydrogen-bond donors (Lipinski definition) is 2. The van der Waals surface area contributed by atoms with Crippen LogP contribution in [0.2, 0.25) is 0 Å². The van der Waals surface area contributed by atoms with E-state index < -0.39 is 0 Å². The fraction of sp³-hybridized carbons (Fsp3) is 0.889. The van der Waals surface area contributed by atoms with Crippen molar-refractivity contribution in [3.8, 4) is 0 Å². The third kappa shape index (κ3) is 3.19. The molecule has 4 heteroatoms. The molecule has 3 N–H and O–H groups in total. The zero-order valence-corrected chi connectivity index (χ0v) is 9.23. The van der Waals surface area contributed by atoms with Gasteiger partial charge in [0.25, 0.3) is 0 Å². The molecule has 0 saturated carbocycles. The van der Waals surface area contributed by atoms with Crippen molar-refractivity contribution in [3.05, 3.63) is 0 Å². The topological polar surface area (TPSA) is 53.1 Å². The van der Waals surface area contributed by atoms with Gasteiger partial charge in [0, 0.05) is 18.8 Å². The van der Waals surface area contributed by atoms with E-state index in [1.165, 1.54) is 11.5 Å². The Hall–Kier alpha value is -0.220. The lowest BCUT2D eigenvalue weighted by atomic mass is 10.1. The molecule has 1 aliphatic heterocycles. The van der Waals surface area contributed by atoms with Crippen molar-refractivity contribution in [2.24, 2.45) is 11.7 Å². The molecule has 1 saturated heterocycles. The van der Waals surface area contributed by atoms with Crippen LogP contribution in [0, 0.1) is 11.3 Å². The Morgan fingerprint density at radius 2 is 2.38 bits per heavy atom. The SMILES string of the molecule is CC1CSCCN(C(C)C(=N)N)C1. The normalized spacial score (nSPS) is 28.0. The molecule has 0 bridgehead atoms. The zero-order chi connectivity index (χ0) is 9.84. The van der Waals surface area contributed by atoms with Gasteiger partial charge in [0.15, 0.2) is 0 Å². The molecule has 0 aliphatic carbocycles. The molecule has 0 aromatic heterocycles. The minimum absolute atomic E-state index is 0.112. The van der Waals surface area contributed by atoms with Gasteiger partial charge < -0.3 is 5.73 Å². The van der Waals surface area contributed by atoms with Gasteiger partial charge in [-0.3, -0.25) is 10.3 Å². The molecule has 0 aromatic rings. The summed E-state index contributed by atoms with van der Waals surface area (Å²) >= 11 is 2.00. The van der Waals surface area contributed by atoms with E-state index >= 15 is 0 Å². The van der Waals surface area contributed by atoms with Crippen molar-refractivity contribution in [1.29, 1.82) is 5.41 Å². The number of hydrogen-bond acceptors (Lipinski definition) is 3. The molecule has 13 heavy (non-hydrogen) atoms. The molecule has 1 fully saturated rings. The predicted octanol–water partition coefficient (Wildman–Crippen LogP) is 0.996. The maximum absolute atomic E-state index is 7.40. The number of nitrogens with two attached hydrogens (primary N) is 1. The molecular formula is C9H19N3S. The Balaban J connectivity index is 2.51. The lowest BCUT2D eigenvalue weighted by molar-refractivity contribution is 0.244. The van der Waals surface area contributed by atoms with E-state index in [-0.39, 0.29) is 6.04 Å². The lowest BCUT2D eigenvalue weighted by Gasteiger charge is -2.27. The van der Waals surface area contributed by atoms with E-state index in [9.17, 15) is 0 Å². The highest BCUT2D eigenvalue weighted by Gasteiger charge is 2.20. The Kier molecular flexibility index (Phi) is 4.06. The molecule has 3 nitrogen and oxygen atoms in total. The first-order chi connectivity index (χ1) is 6.11. The molecular weight excluding hydrogens is 182 g/mol. The molecule has 2 unspecified atom stereocenters. The molecule has 0 aromatic carbocycles. The van der Waals surface area contributed by atoms with E-state index in [0.717, 1.165) is 13.1 Å². The average molecular weight is 201 g/mol. The van der Waals surface area contributed by atoms with Crippen LogP contribution in [0.15, 0.2) is 0 Å². The maximum atomic E-state index is 7.40. The van der Waals surface area contributed by atoms with Crippen LogP contribution in [-0.4, -0.2) is 41.4 Å². The summed E-state index contributed by atoms with van der Waals surface area (Å²) in [6.45, 7) is 6.42. The fourth-order valence-corrected chi connectivity index (χ4v) is 2.60. The molecule has 1 aliphatic rings. The zero-order valence-electron chi connectivity index (χ0n) is 8.42. The van der Waals surface area contributed by atoms with Gasteiger partial charge in [-0.2, -0.15) is 11.8 Å². The van der Waals surface area contributed by atoms with Crippen LogP contribution in [0.4, 0.5) is 0 Å². The average Bonchev–Trinajstić information content (AvgIpc) is 2.28. The van der Waals surface area contributed by atoms with Gasteiger partial charge in [-0.05, 0) is 18.6 Å². The van der Waals surface area contributed by atoms with Gasteiger partial charge in [-0.25, -0.2) is 0 Å². The lowest BCUT2D eigenvalue weighted by Crippen LogP contribution is -2.44. The molecule has 1 heterocycles. The van der Waals surface area contributed by atoms with Crippen molar-refractivity contribution >= 4 is 17.6 Å². The van der Waals surface area contributed by atoms with Gasteiger partial charge >= 0.3 is 0 Å². The Morgan fingerprint density at radius 1 is 1.69 bits per heavy atom. The molecule has 0 spiro atoms. The standard InChI is InChI=1S/C9H19N3S/c1-7-5-12(3-4-13-6-7)8(2)9(10)11/h7-8H,3-6H2,1-2H3,(H3,10,11). The van der Waals surface area contributed by atoms with Gasteiger partial charge in [0.2, 0.25) is 0 Å². The number of nitrogens with one attached hydrogen (secondary N) is 1. The van der Waals surface area contributed by atoms with E-state index in [0.29, 0.717) is 11.8 Å². The van der Waals surface area contributed by atoms with Crippen LogP contribution in [-0.2, 0) is 0 Å². The Bertz CT molecular complexity index is 184. The number of thioether (sulfide) groups is 1. The summed E-state index contributed by atoms with van der Waals surface area (Å²) in [5, 5.41) is 7.40. The van der Waals surface area contributed by atoms with Crippen molar-refractivity contribution in [2.75, 3.05) is 24.6 Å². The minimum Gasteiger partial charge on any atom is -0.386 e. The summed E-state index contributed by atoms with van der Waals surface area (Å²) in [5.74, 6) is 3.41. The third-order valence-corrected chi connectivity index (χ3v) is 3.75. The Morgan fingerprint density at radius 3 is 3.00 bits per heavy atom. The van der Waals surface area contributed by atoms with E-state index in [1.54, 1.807) is 0 Å². The first kappa shape index (κ1) is 10.9. The minimum atomic E-state index is 0.112. The van der Waals surface area contributed by atoms with Crippen LogP contribution >= 0.6 is 11.8 Å². The fourth-order valence-electron chi connectivity index (χ4n) is 1.56. The molecule has 0 radical (unpaired) electrons. The highest BCUT2D eigenvalue weighted by atomic mass is 32.2. The summed E-state index contributed by atoms with van der Waals surface area (Å²) < 4.78 is 0. The van der Waals surface area contributed by atoms with Crippen LogP contribution in [0.1, 0.15) is 13.8 Å². The van der Waals surface area contributed by atoms with Gasteiger partial charge in [-0.15, -0.1) is 0 Å². The summed E-state index contributed by atoms with van der Waals surface area (Å²) in [7, 11) is 0. The summed E-state index contributed by atoms with van der Waals surface area (Å²) in [6.07, 6.45) is 0. The monoisotopic (exact) mass is 201 g/mol. The highest BCUT2D eigenvalue weighted by molar-refractivity contribution is 7.99. The number of rotatable bonds is 2. The Labute approximate surface area is 84.6 Å². The van der Waals surface area contributed by atoms with Gasteiger partial charge in [-0.1, -0.05) is 6.92 Å². The van der Waals surface area contributed by atoms with E-state index in [2.05, 4.69) is 11.8 Å². The summed E-state index contributed by atoms with van der Waals surface area (Å²) in [6, 6.07) is 0.112. The summed E-state index contributed by atoms with van der Waals surface area (Å²) in [4.78, 5) is 2.31. The van der Waals surface area contributed by atoms with E-state index in [1.807, 2.05) is 18.7 Å². The third-order valence-electron chi connectivity index (χ3n) is 2.47. The number of amidine groups is 1. The van der Waals surface area contributed by atoms with Gasteiger partial charge in [0.05, 0.1) is 6.04 Å². The second kappa shape index (κ2) is 4.86. The van der Waals surface area contributed by atoms with Crippen molar-refractivity contribution < 1.29 is 0 Å². The highest BCUT2D eigenvalue weighted by Crippen LogP contribution is 2.16. The first-order valence-electron chi connectivity index (χ1n) is 4.77. The molecule has 0 amide bonds. The molecule has 76 valence electrons. The van der Waals surface area contributed by atoms with Crippen molar-refractivity contribution in [2.45, 2.75) is 19.9 Å². The maximum Gasteiger partial charge on any atom is 0.108 e. The molecule has 2 atom stereocenters. The quantitative estimate of drug-likeness (QED) is 0.517. The largest absolute Gasteiger partial charge is 0.386 e. The second-order valence-electron chi connectivity index (χ2n) is 3.81. The van der Waals surface area contributed by atoms with Gasteiger partial charge in [0.1, 0.15) is 5.84 Å². The van der Waals surface area contributed by atoms with Crippen LogP contribution < -0.4 is 5.73 Å². The summed E-state index contributed by atoms with van der Waals surface area (Å²) in [5.41, 5.74) is 5.50. The van der Waals surface area contributed by atoms with Crippen molar-refractivity contribution in [3.63, 3.8) is 0 Å². The first-order valence-corrected chi connectivity index (χ1v) is 5.92. The van der Waals surface area contributed by atoms with E-state index in [4.69, 9.17) is 11.1 Å². The van der Waals surface area contributed by atoms with Crippen LogP contribution in [0.3, 0.4) is 0 Å². The predicted molar refractivity (Wildman–Crippen MR) is 59.4 cm³/mol. The number of nitrogens with zero attached hydrogens (tertiary/aromatic N) is 1. The van der Waals surface area contributed by atoms with Crippen molar-refractivity contribution in [1.82, 2.24) is 4.90 Å². The second-order valence-corrected chi connectivity index (χ2v) is 4.96.